The summed E-state index contributed by atoms with van der Waals surface area (Å²) >= 11 is 0. The third-order valence-corrected chi connectivity index (χ3v) is 2.17. The molecule has 18 heavy (non-hydrogen) atoms. The van der Waals surface area contributed by atoms with Crippen molar-refractivity contribution in [2.45, 2.75) is 6.42 Å². The van der Waals surface area contributed by atoms with Crippen molar-refractivity contribution in [3.63, 3.8) is 0 Å². The Hall–Kier alpha value is -2.68. The SMILES string of the molecule is COC(=O)CC=Cc1ccc(C#N)cc1[N+](=O)[O-]. The maximum absolute atomic E-state index is 10.9. The van der Waals surface area contributed by atoms with Crippen LogP contribution < -0.4 is 0 Å². The van der Waals surface area contributed by atoms with Crippen molar-refractivity contribution in [3.05, 3.63) is 45.5 Å². The van der Waals surface area contributed by atoms with Crippen molar-refractivity contribution in [1.29, 1.82) is 5.26 Å². The Balaban J connectivity index is 2.99. The highest BCUT2D eigenvalue weighted by molar-refractivity contribution is 5.73. The van der Waals surface area contributed by atoms with E-state index in [1.165, 1.54) is 37.5 Å². The Kier molecular flexibility index (Phi) is 4.58. The van der Waals surface area contributed by atoms with Crippen molar-refractivity contribution < 1.29 is 14.5 Å². The largest absolute Gasteiger partial charge is 0.469 e. The topological polar surface area (TPSA) is 93.2 Å². The van der Waals surface area contributed by atoms with Crippen molar-refractivity contribution in [3.8, 4) is 6.07 Å². The predicted octanol–water partition coefficient (Wildman–Crippen LogP) is 2.04. The van der Waals surface area contributed by atoms with Crippen LogP contribution in [0.2, 0.25) is 0 Å². The average molecular weight is 246 g/mol. The van der Waals surface area contributed by atoms with Gasteiger partial charge in [0.05, 0.1) is 35.7 Å². The van der Waals surface area contributed by atoms with Gasteiger partial charge >= 0.3 is 5.97 Å². The second-order valence-corrected chi connectivity index (χ2v) is 3.33. The number of methoxy groups -OCH3 is 1. The van der Waals surface area contributed by atoms with Crippen LogP contribution in [0.1, 0.15) is 17.5 Å². The Labute approximate surface area is 103 Å². The number of nitrogens with zero attached hydrogens (tertiary/aromatic N) is 2. The molecule has 0 atom stereocenters. The molecule has 0 unspecified atom stereocenters. The van der Waals surface area contributed by atoms with Crippen LogP contribution in [0.25, 0.3) is 6.08 Å². The van der Waals surface area contributed by atoms with Gasteiger partial charge in [0.1, 0.15) is 0 Å². The lowest BCUT2D eigenvalue weighted by Gasteiger charge is -1.98. The molecule has 6 heteroatoms. The van der Waals surface area contributed by atoms with Gasteiger partial charge in [-0.3, -0.25) is 14.9 Å². The number of carbonyl (C=O) groups is 1. The summed E-state index contributed by atoms with van der Waals surface area (Å²) in [6.07, 6.45) is 2.96. The molecule has 0 aromatic heterocycles. The summed E-state index contributed by atoms with van der Waals surface area (Å²) in [6, 6.07) is 5.96. The summed E-state index contributed by atoms with van der Waals surface area (Å²) < 4.78 is 4.44. The fraction of sp³-hybridized carbons (Fsp3) is 0.167. The molecule has 0 aliphatic rings. The maximum atomic E-state index is 10.9. The van der Waals surface area contributed by atoms with Gasteiger partial charge in [-0.15, -0.1) is 0 Å². The molecular weight excluding hydrogens is 236 g/mol. The van der Waals surface area contributed by atoms with E-state index in [4.69, 9.17) is 5.26 Å². The molecule has 1 aromatic rings. The monoisotopic (exact) mass is 246 g/mol. The number of ether oxygens (including phenoxy) is 1. The van der Waals surface area contributed by atoms with E-state index in [-0.39, 0.29) is 17.7 Å². The Bertz CT molecular complexity index is 543. The highest BCUT2D eigenvalue weighted by atomic mass is 16.6. The number of hydrogen-bond acceptors (Lipinski definition) is 5. The Morgan fingerprint density at radius 3 is 2.89 bits per heavy atom. The van der Waals surface area contributed by atoms with Crippen LogP contribution in [0.15, 0.2) is 24.3 Å². The molecule has 0 aliphatic carbocycles. The van der Waals surface area contributed by atoms with Gasteiger partial charge in [0.25, 0.3) is 5.69 Å². The van der Waals surface area contributed by atoms with Crippen molar-refractivity contribution in [1.82, 2.24) is 0 Å². The second-order valence-electron chi connectivity index (χ2n) is 3.33. The molecule has 6 nitrogen and oxygen atoms in total. The zero-order valence-electron chi connectivity index (χ0n) is 9.62. The number of benzene rings is 1. The van der Waals surface area contributed by atoms with Crippen LogP contribution in [-0.2, 0) is 9.53 Å². The highest BCUT2D eigenvalue weighted by Gasteiger charge is 2.12. The van der Waals surface area contributed by atoms with Gasteiger partial charge in [-0.05, 0) is 12.1 Å². The molecule has 0 radical (unpaired) electrons. The molecule has 1 aromatic carbocycles. The van der Waals surface area contributed by atoms with E-state index in [9.17, 15) is 14.9 Å². The standard InChI is InChI=1S/C12H10N2O4/c1-18-12(15)4-2-3-10-6-5-9(8-13)7-11(10)14(16)17/h2-3,5-7H,4H2,1H3. The van der Waals surface area contributed by atoms with E-state index in [1.807, 2.05) is 6.07 Å². The number of nitriles is 1. The van der Waals surface area contributed by atoms with E-state index in [0.717, 1.165) is 0 Å². The summed E-state index contributed by atoms with van der Waals surface area (Å²) in [6.45, 7) is 0. The lowest BCUT2D eigenvalue weighted by molar-refractivity contribution is -0.385. The third kappa shape index (κ3) is 3.42. The van der Waals surface area contributed by atoms with Crippen molar-refractivity contribution >= 4 is 17.7 Å². The maximum Gasteiger partial charge on any atom is 0.309 e. The lowest BCUT2D eigenvalue weighted by atomic mass is 10.1. The molecule has 0 spiro atoms. The second kappa shape index (κ2) is 6.15. The quantitative estimate of drug-likeness (QED) is 0.460. The van der Waals surface area contributed by atoms with Crippen LogP contribution in [0.4, 0.5) is 5.69 Å². The number of carbonyl (C=O) groups excluding carboxylic acids is 1. The van der Waals surface area contributed by atoms with Gasteiger partial charge in [0.15, 0.2) is 0 Å². The van der Waals surface area contributed by atoms with Crippen LogP contribution >= 0.6 is 0 Å². The zero-order chi connectivity index (χ0) is 13.5. The number of esters is 1. The van der Waals surface area contributed by atoms with Gasteiger partial charge in [-0.1, -0.05) is 12.2 Å². The Morgan fingerprint density at radius 2 is 2.33 bits per heavy atom. The van der Waals surface area contributed by atoms with Gasteiger partial charge in [-0.2, -0.15) is 5.26 Å². The summed E-state index contributed by atoms with van der Waals surface area (Å²) in [7, 11) is 1.26. The number of nitro groups is 1. The zero-order valence-corrected chi connectivity index (χ0v) is 9.62. The predicted molar refractivity (Wildman–Crippen MR) is 63.5 cm³/mol. The van der Waals surface area contributed by atoms with E-state index in [0.29, 0.717) is 5.56 Å². The van der Waals surface area contributed by atoms with Gasteiger partial charge in [0, 0.05) is 6.07 Å². The first-order valence-electron chi connectivity index (χ1n) is 5.00. The smallest absolute Gasteiger partial charge is 0.309 e. The van der Waals surface area contributed by atoms with Crippen LogP contribution in [0.3, 0.4) is 0 Å². The van der Waals surface area contributed by atoms with Gasteiger partial charge in [0.2, 0.25) is 0 Å². The van der Waals surface area contributed by atoms with Crippen LogP contribution in [0.5, 0.6) is 0 Å². The minimum atomic E-state index is -0.571. The number of rotatable bonds is 4. The third-order valence-electron chi connectivity index (χ3n) is 2.17. The van der Waals surface area contributed by atoms with Crippen molar-refractivity contribution in [2.75, 3.05) is 7.11 Å². The molecule has 1 rings (SSSR count). The number of hydrogen-bond donors (Lipinski definition) is 0. The first kappa shape index (κ1) is 13.4. The highest BCUT2D eigenvalue weighted by Crippen LogP contribution is 2.21. The lowest BCUT2D eigenvalue weighted by Crippen LogP contribution is -1.97. The van der Waals surface area contributed by atoms with E-state index in [2.05, 4.69) is 4.74 Å². The Morgan fingerprint density at radius 1 is 1.61 bits per heavy atom. The summed E-state index contributed by atoms with van der Waals surface area (Å²) in [5, 5.41) is 19.5. The van der Waals surface area contributed by atoms with E-state index < -0.39 is 10.9 Å². The van der Waals surface area contributed by atoms with E-state index >= 15 is 0 Å². The van der Waals surface area contributed by atoms with Crippen LogP contribution in [-0.4, -0.2) is 18.0 Å². The summed E-state index contributed by atoms with van der Waals surface area (Å²) in [4.78, 5) is 21.1. The molecule has 92 valence electrons. The fourth-order valence-corrected chi connectivity index (χ4v) is 1.28. The molecule has 0 amide bonds. The van der Waals surface area contributed by atoms with Crippen LogP contribution in [0, 0.1) is 21.4 Å². The normalized spacial score (nSPS) is 10.0. The molecule has 0 saturated carbocycles. The summed E-state index contributed by atoms with van der Waals surface area (Å²) in [5.41, 5.74) is 0.380. The van der Waals surface area contributed by atoms with Gasteiger partial charge < -0.3 is 4.74 Å². The minimum Gasteiger partial charge on any atom is -0.469 e. The molecule has 0 aliphatic heterocycles. The number of nitro benzene ring substituents is 1. The molecular formula is C12H10N2O4. The molecule has 0 heterocycles. The first-order valence-corrected chi connectivity index (χ1v) is 5.00. The van der Waals surface area contributed by atoms with Crippen molar-refractivity contribution in [2.24, 2.45) is 0 Å². The summed E-state index contributed by atoms with van der Waals surface area (Å²) in [5.74, 6) is -0.428. The minimum absolute atomic E-state index is 0.0354. The average Bonchev–Trinajstić information content (AvgIpc) is 2.38. The molecule has 0 saturated heterocycles. The molecule has 0 bridgehead atoms. The van der Waals surface area contributed by atoms with E-state index in [1.54, 1.807) is 0 Å². The molecule has 0 fully saturated rings. The fourth-order valence-electron chi connectivity index (χ4n) is 1.28. The van der Waals surface area contributed by atoms with Gasteiger partial charge in [-0.25, -0.2) is 0 Å². The first-order chi connectivity index (χ1) is 8.58. The molecule has 0 N–H and O–H groups in total.